The zero-order valence-corrected chi connectivity index (χ0v) is 14.6. The van der Waals surface area contributed by atoms with E-state index < -0.39 is 10.0 Å². The van der Waals surface area contributed by atoms with Crippen molar-refractivity contribution in [2.24, 2.45) is 0 Å². The van der Waals surface area contributed by atoms with E-state index in [-0.39, 0.29) is 17.1 Å². The Bertz CT molecular complexity index is 904. The summed E-state index contributed by atoms with van der Waals surface area (Å²) < 4.78 is 39.6. The zero-order valence-electron chi connectivity index (χ0n) is 13.8. The quantitative estimate of drug-likeness (QED) is 0.802. The van der Waals surface area contributed by atoms with Gasteiger partial charge in [-0.2, -0.15) is 8.99 Å². The van der Waals surface area contributed by atoms with Crippen LogP contribution in [0.15, 0.2) is 41.2 Å². The number of halogens is 1. The van der Waals surface area contributed by atoms with E-state index in [1.807, 2.05) is 4.90 Å². The van der Waals surface area contributed by atoms with Gasteiger partial charge in [-0.1, -0.05) is 0 Å². The summed E-state index contributed by atoms with van der Waals surface area (Å²) in [7, 11) is -3.19. The summed E-state index contributed by atoms with van der Waals surface area (Å²) >= 11 is 0. The lowest BCUT2D eigenvalue weighted by atomic mass is 10.3. The molecule has 0 unspecified atom stereocenters. The Balaban J connectivity index is 1.82. The second-order valence-corrected chi connectivity index (χ2v) is 7.96. The maximum absolute atomic E-state index is 13.1. The van der Waals surface area contributed by atoms with Gasteiger partial charge >= 0.3 is 0 Å². The van der Waals surface area contributed by atoms with Gasteiger partial charge < -0.3 is 4.90 Å². The minimum atomic E-state index is -3.19. The predicted molar refractivity (Wildman–Crippen MR) is 93.0 cm³/mol. The first-order chi connectivity index (χ1) is 11.9. The summed E-state index contributed by atoms with van der Waals surface area (Å²) in [6, 6.07) is 8.53. The molecule has 3 rings (SSSR count). The van der Waals surface area contributed by atoms with Gasteiger partial charge in [0.05, 0.1) is 11.4 Å². The second-order valence-electron chi connectivity index (χ2n) is 5.70. The van der Waals surface area contributed by atoms with Gasteiger partial charge in [0.15, 0.2) is 0 Å². The lowest BCUT2D eigenvalue weighted by molar-refractivity contribution is 0.383. The van der Waals surface area contributed by atoms with Crippen molar-refractivity contribution < 1.29 is 12.8 Å². The van der Waals surface area contributed by atoms with Crippen LogP contribution in [0, 0.1) is 5.82 Å². The van der Waals surface area contributed by atoms with E-state index in [2.05, 4.69) is 5.10 Å². The maximum Gasteiger partial charge on any atom is 0.271 e. The van der Waals surface area contributed by atoms with Gasteiger partial charge in [0, 0.05) is 32.2 Å². The predicted octanol–water partition coefficient (Wildman–Crippen LogP) is 0.843. The molecule has 0 amide bonds. The molecule has 0 aliphatic carbocycles. The molecule has 2 heterocycles. The molecule has 2 aromatic rings. The fraction of sp³-hybridized carbons (Fsp3) is 0.375. The lowest BCUT2D eigenvalue weighted by Gasteiger charge is -2.34. The summed E-state index contributed by atoms with van der Waals surface area (Å²) in [5.74, 6) is 0.277. The van der Waals surface area contributed by atoms with Gasteiger partial charge in [0.1, 0.15) is 11.6 Å². The Morgan fingerprint density at radius 3 is 2.28 bits per heavy atom. The number of benzene rings is 1. The second kappa shape index (κ2) is 6.93. The monoisotopic (exact) mass is 366 g/mol. The fourth-order valence-corrected chi connectivity index (χ4v) is 3.80. The number of aromatic nitrogens is 2. The van der Waals surface area contributed by atoms with E-state index >= 15 is 0 Å². The van der Waals surface area contributed by atoms with Crippen LogP contribution < -0.4 is 10.5 Å². The summed E-state index contributed by atoms with van der Waals surface area (Å²) in [4.78, 5) is 14.0. The summed E-state index contributed by atoms with van der Waals surface area (Å²) in [5.41, 5.74) is 0.156. The topological polar surface area (TPSA) is 75.5 Å². The van der Waals surface area contributed by atoms with Crippen molar-refractivity contribution in [1.82, 2.24) is 14.1 Å². The van der Waals surface area contributed by atoms with Crippen molar-refractivity contribution in [2.75, 3.05) is 36.8 Å². The third-order valence-corrected chi connectivity index (χ3v) is 6.06. The van der Waals surface area contributed by atoms with E-state index in [0.717, 1.165) is 0 Å². The molecule has 25 heavy (non-hydrogen) atoms. The average molecular weight is 366 g/mol. The molecule has 0 atom stereocenters. The average Bonchev–Trinajstić information content (AvgIpc) is 2.63. The first kappa shape index (κ1) is 17.6. The summed E-state index contributed by atoms with van der Waals surface area (Å²) in [6.07, 6.45) is 0. The van der Waals surface area contributed by atoms with Crippen LogP contribution in [0.5, 0.6) is 0 Å². The normalized spacial score (nSPS) is 16.2. The van der Waals surface area contributed by atoms with Crippen LogP contribution in [-0.2, 0) is 10.0 Å². The first-order valence-electron chi connectivity index (χ1n) is 8.00. The zero-order chi connectivity index (χ0) is 18.0. The summed E-state index contributed by atoms with van der Waals surface area (Å²) in [6.45, 7) is 3.38. The molecule has 9 heteroatoms. The van der Waals surface area contributed by atoms with Crippen LogP contribution in [-0.4, -0.2) is 54.4 Å². The minimum Gasteiger partial charge on any atom is -0.353 e. The molecule has 0 saturated carbocycles. The van der Waals surface area contributed by atoms with Crippen molar-refractivity contribution in [1.29, 1.82) is 0 Å². The fourth-order valence-electron chi connectivity index (χ4n) is 2.72. The van der Waals surface area contributed by atoms with E-state index in [0.29, 0.717) is 37.7 Å². The third kappa shape index (κ3) is 3.72. The number of anilines is 1. The molecule has 0 bridgehead atoms. The Hall–Kier alpha value is -2.26. The van der Waals surface area contributed by atoms with Gasteiger partial charge in [0.25, 0.3) is 5.56 Å². The molecule has 0 spiro atoms. The van der Waals surface area contributed by atoms with Gasteiger partial charge in [-0.05, 0) is 37.3 Å². The number of piperazine rings is 1. The molecule has 0 N–H and O–H groups in total. The number of hydrogen-bond acceptors (Lipinski definition) is 5. The number of sulfonamides is 1. The van der Waals surface area contributed by atoms with Crippen molar-refractivity contribution in [2.45, 2.75) is 6.92 Å². The maximum atomic E-state index is 13.1. The molecule has 1 aromatic carbocycles. The Kier molecular flexibility index (Phi) is 4.87. The van der Waals surface area contributed by atoms with Gasteiger partial charge in [-0.25, -0.2) is 12.8 Å². The van der Waals surface area contributed by atoms with Crippen LogP contribution in [0.25, 0.3) is 5.69 Å². The van der Waals surface area contributed by atoms with Crippen molar-refractivity contribution in [3.05, 3.63) is 52.6 Å². The van der Waals surface area contributed by atoms with E-state index in [1.54, 1.807) is 13.0 Å². The van der Waals surface area contributed by atoms with Crippen LogP contribution in [0.3, 0.4) is 0 Å². The lowest BCUT2D eigenvalue weighted by Crippen LogP contribution is -2.49. The Morgan fingerprint density at radius 1 is 1.04 bits per heavy atom. The summed E-state index contributed by atoms with van der Waals surface area (Å²) in [5, 5.41) is 4.34. The van der Waals surface area contributed by atoms with Gasteiger partial charge in [0.2, 0.25) is 10.0 Å². The first-order valence-corrected chi connectivity index (χ1v) is 9.61. The third-order valence-electron chi connectivity index (χ3n) is 4.18. The molecule has 1 fully saturated rings. The van der Waals surface area contributed by atoms with Crippen molar-refractivity contribution >= 4 is 15.8 Å². The van der Waals surface area contributed by atoms with E-state index in [1.165, 1.54) is 39.3 Å². The SMILES string of the molecule is CCS(=O)(=O)N1CCN(c2ccc(=O)n(-c3ccc(F)cc3)n2)CC1. The molecule has 7 nitrogen and oxygen atoms in total. The van der Waals surface area contributed by atoms with Crippen LogP contribution >= 0.6 is 0 Å². The Morgan fingerprint density at radius 2 is 1.68 bits per heavy atom. The molecular formula is C16H19FN4O3S. The van der Waals surface area contributed by atoms with E-state index in [4.69, 9.17) is 0 Å². The molecule has 0 radical (unpaired) electrons. The molecule has 1 aliphatic heterocycles. The van der Waals surface area contributed by atoms with Crippen LogP contribution in [0.1, 0.15) is 6.92 Å². The van der Waals surface area contributed by atoms with Crippen LogP contribution in [0.2, 0.25) is 0 Å². The Labute approximate surface area is 145 Å². The standard InChI is InChI=1S/C16H19FN4O3S/c1-2-25(23,24)20-11-9-19(10-12-20)15-7-8-16(22)21(18-15)14-5-3-13(17)4-6-14/h3-8H,2,9-12H2,1H3. The highest BCUT2D eigenvalue weighted by atomic mass is 32.2. The molecular weight excluding hydrogens is 347 g/mol. The van der Waals surface area contributed by atoms with Gasteiger partial charge in [-0.3, -0.25) is 4.79 Å². The largest absolute Gasteiger partial charge is 0.353 e. The van der Waals surface area contributed by atoms with Gasteiger partial charge in [-0.15, -0.1) is 5.10 Å². The van der Waals surface area contributed by atoms with E-state index in [9.17, 15) is 17.6 Å². The molecule has 134 valence electrons. The molecule has 1 aliphatic rings. The minimum absolute atomic E-state index is 0.0840. The van der Waals surface area contributed by atoms with Crippen molar-refractivity contribution in [3.8, 4) is 5.69 Å². The highest BCUT2D eigenvalue weighted by molar-refractivity contribution is 7.89. The molecule has 1 aromatic heterocycles. The number of nitrogens with zero attached hydrogens (tertiary/aromatic N) is 4. The highest BCUT2D eigenvalue weighted by Gasteiger charge is 2.26. The number of hydrogen-bond donors (Lipinski definition) is 0. The van der Waals surface area contributed by atoms with Crippen LogP contribution in [0.4, 0.5) is 10.2 Å². The number of rotatable bonds is 4. The highest BCUT2D eigenvalue weighted by Crippen LogP contribution is 2.15. The molecule has 1 saturated heterocycles. The smallest absolute Gasteiger partial charge is 0.271 e. The van der Waals surface area contributed by atoms with Crippen molar-refractivity contribution in [3.63, 3.8) is 0 Å².